The van der Waals surface area contributed by atoms with Crippen molar-refractivity contribution in [2.75, 3.05) is 23.3 Å². The highest BCUT2D eigenvalue weighted by atomic mass is 16.1. The summed E-state index contributed by atoms with van der Waals surface area (Å²) in [6.07, 6.45) is 7.42. The topological polar surface area (TPSA) is 45.2 Å². The summed E-state index contributed by atoms with van der Waals surface area (Å²) >= 11 is 0. The van der Waals surface area contributed by atoms with Crippen LogP contribution in [0.3, 0.4) is 0 Å². The zero-order valence-corrected chi connectivity index (χ0v) is 13.9. The molecule has 1 aliphatic carbocycles. The van der Waals surface area contributed by atoms with Crippen LogP contribution in [-0.2, 0) is 11.2 Å². The molecule has 1 aromatic heterocycles. The summed E-state index contributed by atoms with van der Waals surface area (Å²) in [5.74, 6) is 0.643. The number of fused-ring (bicyclic) bond motifs is 1. The summed E-state index contributed by atoms with van der Waals surface area (Å²) in [5.41, 5.74) is 3.63. The standard InChI is InChI=1S/C20H23N3O/c24-20(18-9-5-7-15-6-1-2-8-17(15)18)22-19-11-10-16(14-21-19)23-12-3-4-13-23/h1-2,6,8,10-11,14,18H,3-5,7,9,12-13H2,(H,21,22,24)/t18-/m1/s1. The van der Waals surface area contributed by atoms with E-state index in [9.17, 15) is 4.79 Å². The molecule has 4 rings (SSSR count). The Kier molecular flexibility index (Phi) is 4.20. The van der Waals surface area contributed by atoms with Crippen LogP contribution in [0.15, 0.2) is 42.6 Å². The third-order valence-corrected chi connectivity index (χ3v) is 5.16. The second-order valence-corrected chi connectivity index (χ2v) is 6.73. The molecule has 1 N–H and O–H groups in total. The van der Waals surface area contributed by atoms with Crippen LogP contribution in [0, 0.1) is 0 Å². The average molecular weight is 321 g/mol. The Morgan fingerprint density at radius 2 is 1.92 bits per heavy atom. The molecule has 0 spiro atoms. The zero-order chi connectivity index (χ0) is 16.4. The lowest BCUT2D eigenvalue weighted by Gasteiger charge is -2.24. The number of hydrogen-bond acceptors (Lipinski definition) is 3. The third-order valence-electron chi connectivity index (χ3n) is 5.16. The largest absolute Gasteiger partial charge is 0.370 e. The van der Waals surface area contributed by atoms with E-state index in [-0.39, 0.29) is 11.8 Å². The number of aryl methyl sites for hydroxylation is 1. The van der Waals surface area contributed by atoms with Crippen molar-refractivity contribution in [3.05, 3.63) is 53.7 Å². The van der Waals surface area contributed by atoms with E-state index in [0.29, 0.717) is 5.82 Å². The number of hydrogen-bond donors (Lipinski definition) is 1. The maximum Gasteiger partial charge on any atom is 0.233 e. The van der Waals surface area contributed by atoms with Crippen molar-refractivity contribution in [2.45, 2.75) is 38.0 Å². The highest BCUT2D eigenvalue weighted by Crippen LogP contribution is 2.32. The van der Waals surface area contributed by atoms with Crippen LogP contribution in [0.2, 0.25) is 0 Å². The lowest BCUT2D eigenvalue weighted by molar-refractivity contribution is -0.117. The van der Waals surface area contributed by atoms with Crippen molar-refractivity contribution in [3.63, 3.8) is 0 Å². The van der Waals surface area contributed by atoms with Gasteiger partial charge in [0, 0.05) is 13.1 Å². The third kappa shape index (κ3) is 3.01. The number of benzene rings is 1. The predicted octanol–water partition coefficient (Wildman–Crippen LogP) is 3.74. The SMILES string of the molecule is O=C(Nc1ccc(N2CCCC2)cn1)[C@@H]1CCCc2ccccc21. The van der Waals surface area contributed by atoms with Crippen LogP contribution in [-0.4, -0.2) is 24.0 Å². The Morgan fingerprint density at radius 3 is 2.71 bits per heavy atom. The lowest BCUT2D eigenvalue weighted by Crippen LogP contribution is -2.25. The van der Waals surface area contributed by atoms with Gasteiger partial charge in [-0.15, -0.1) is 0 Å². The molecule has 1 saturated heterocycles. The minimum absolute atomic E-state index is 0.0589. The number of pyridine rings is 1. The number of aromatic nitrogens is 1. The van der Waals surface area contributed by atoms with Crippen LogP contribution in [0.25, 0.3) is 0 Å². The van der Waals surface area contributed by atoms with Gasteiger partial charge in [0.1, 0.15) is 5.82 Å². The number of carbonyl (C=O) groups is 1. The molecule has 4 nitrogen and oxygen atoms in total. The molecule has 1 fully saturated rings. The predicted molar refractivity (Wildman–Crippen MR) is 96.4 cm³/mol. The Balaban J connectivity index is 1.46. The number of rotatable bonds is 3. The highest BCUT2D eigenvalue weighted by molar-refractivity contribution is 5.95. The van der Waals surface area contributed by atoms with E-state index < -0.39 is 0 Å². The fraction of sp³-hybridized carbons (Fsp3) is 0.400. The highest BCUT2D eigenvalue weighted by Gasteiger charge is 2.26. The number of nitrogens with zero attached hydrogens (tertiary/aromatic N) is 2. The molecular weight excluding hydrogens is 298 g/mol. The molecule has 2 aliphatic rings. The summed E-state index contributed by atoms with van der Waals surface area (Å²) < 4.78 is 0. The fourth-order valence-electron chi connectivity index (χ4n) is 3.86. The van der Waals surface area contributed by atoms with Crippen LogP contribution in [0.5, 0.6) is 0 Å². The molecule has 1 aromatic carbocycles. The molecule has 4 heteroatoms. The maximum atomic E-state index is 12.7. The molecule has 1 aliphatic heterocycles. The second-order valence-electron chi connectivity index (χ2n) is 6.73. The molecule has 2 heterocycles. The molecule has 0 unspecified atom stereocenters. The van der Waals surface area contributed by atoms with Crippen LogP contribution >= 0.6 is 0 Å². The second kappa shape index (κ2) is 6.63. The van der Waals surface area contributed by atoms with Crippen molar-refractivity contribution in [1.82, 2.24) is 4.98 Å². The van der Waals surface area contributed by atoms with Gasteiger partial charge in [0.05, 0.1) is 17.8 Å². The molecule has 0 bridgehead atoms. The molecule has 24 heavy (non-hydrogen) atoms. The van der Waals surface area contributed by atoms with E-state index in [4.69, 9.17) is 0 Å². The Labute approximate surface area is 142 Å². The molecule has 124 valence electrons. The van der Waals surface area contributed by atoms with Crippen molar-refractivity contribution in [2.24, 2.45) is 0 Å². The van der Waals surface area contributed by atoms with Gasteiger partial charge in [-0.25, -0.2) is 4.98 Å². The van der Waals surface area contributed by atoms with Crippen molar-refractivity contribution >= 4 is 17.4 Å². The molecule has 2 aromatic rings. The number of anilines is 2. The van der Waals surface area contributed by atoms with Crippen LogP contribution in [0.1, 0.15) is 42.7 Å². The normalized spacial score (nSPS) is 19.8. The Bertz CT molecular complexity index is 720. The van der Waals surface area contributed by atoms with Crippen LogP contribution in [0.4, 0.5) is 11.5 Å². The first kappa shape index (κ1) is 15.2. The Hall–Kier alpha value is -2.36. The minimum Gasteiger partial charge on any atom is -0.370 e. The van der Waals surface area contributed by atoms with Gasteiger partial charge in [-0.1, -0.05) is 24.3 Å². The van der Waals surface area contributed by atoms with Gasteiger partial charge in [-0.3, -0.25) is 4.79 Å². The number of carbonyl (C=O) groups excluding carboxylic acids is 1. The van der Waals surface area contributed by atoms with Gasteiger partial charge in [-0.05, 0) is 55.4 Å². The van der Waals surface area contributed by atoms with Crippen molar-refractivity contribution in [1.29, 1.82) is 0 Å². The quantitative estimate of drug-likeness (QED) is 0.936. The molecule has 1 atom stereocenters. The molecule has 0 radical (unpaired) electrons. The summed E-state index contributed by atoms with van der Waals surface area (Å²) in [5, 5.41) is 3.00. The lowest BCUT2D eigenvalue weighted by atomic mass is 9.82. The first-order chi connectivity index (χ1) is 11.8. The minimum atomic E-state index is -0.0602. The molecule has 0 saturated carbocycles. The van der Waals surface area contributed by atoms with E-state index in [2.05, 4.69) is 39.5 Å². The van der Waals surface area contributed by atoms with E-state index in [0.717, 1.165) is 38.0 Å². The number of amides is 1. The first-order valence-electron chi connectivity index (χ1n) is 8.91. The summed E-state index contributed by atoms with van der Waals surface area (Å²) in [6, 6.07) is 12.3. The van der Waals surface area contributed by atoms with Gasteiger partial charge in [-0.2, -0.15) is 0 Å². The summed E-state index contributed by atoms with van der Waals surface area (Å²) in [6.45, 7) is 2.21. The van der Waals surface area contributed by atoms with E-state index in [1.54, 1.807) is 0 Å². The molecular formula is C20H23N3O. The summed E-state index contributed by atoms with van der Waals surface area (Å²) in [4.78, 5) is 19.5. The van der Waals surface area contributed by atoms with Gasteiger partial charge < -0.3 is 10.2 Å². The van der Waals surface area contributed by atoms with Crippen molar-refractivity contribution < 1.29 is 4.79 Å². The maximum absolute atomic E-state index is 12.7. The van der Waals surface area contributed by atoms with E-state index in [1.165, 1.54) is 24.0 Å². The summed E-state index contributed by atoms with van der Waals surface area (Å²) in [7, 11) is 0. The van der Waals surface area contributed by atoms with E-state index >= 15 is 0 Å². The molecule has 1 amide bonds. The van der Waals surface area contributed by atoms with E-state index in [1.807, 2.05) is 18.3 Å². The monoisotopic (exact) mass is 321 g/mol. The van der Waals surface area contributed by atoms with Gasteiger partial charge in [0.25, 0.3) is 0 Å². The Morgan fingerprint density at radius 1 is 1.08 bits per heavy atom. The average Bonchev–Trinajstić information content (AvgIpc) is 3.16. The fourth-order valence-corrected chi connectivity index (χ4v) is 3.86. The van der Waals surface area contributed by atoms with Gasteiger partial charge >= 0.3 is 0 Å². The smallest absolute Gasteiger partial charge is 0.233 e. The van der Waals surface area contributed by atoms with Crippen molar-refractivity contribution in [3.8, 4) is 0 Å². The zero-order valence-electron chi connectivity index (χ0n) is 13.9. The van der Waals surface area contributed by atoms with Crippen LogP contribution < -0.4 is 10.2 Å². The number of nitrogens with one attached hydrogen (secondary N) is 1. The van der Waals surface area contributed by atoms with Gasteiger partial charge in [0.2, 0.25) is 5.91 Å². The first-order valence-corrected chi connectivity index (χ1v) is 8.91. The van der Waals surface area contributed by atoms with Gasteiger partial charge in [0.15, 0.2) is 0 Å².